The smallest absolute Gasteiger partial charge is 0.252 e. The highest BCUT2D eigenvalue weighted by atomic mass is 32.2. The fourth-order valence-corrected chi connectivity index (χ4v) is 6.07. The molecule has 0 N–H and O–H groups in total. The molecule has 0 saturated carbocycles. The van der Waals surface area contributed by atoms with Crippen LogP contribution in [0, 0.1) is 0 Å². The normalized spacial score (nSPS) is 28.6. The van der Waals surface area contributed by atoms with Crippen molar-refractivity contribution in [2.24, 2.45) is 0 Å². The molecular weight excluding hydrogens is 280 g/mol. The van der Waals surface area contributed by atoms with Crippen LogP contribution in [0.2, 0.25) is 0 Å². The molecule has 1 aromatic rings. The van der Waals surface area contributed by atoms with Crippen molar-refractivity contribution in [3.63, 3.8) is 0 Å². The molecule has 6 heteroatoms. The molecule has 0 bridgehead atoms. The number of hydrogen-bond acceptors (Lipinski definition) is 4. The van der Waals surface area contributed by atoms with Gasteiger partial charge in [-0.05, 0) is 24.3 Å². The van der Waals surface area contributed by atoms with Crippen molar-refractivity contribution in [2.45, 2.75) is 29.1 Å². The predicted octanol–water partition coefficient (Wildman–Crippen LogP) is 1.77. The van der Waals surface area contributed by atoms with E-state index in [2.05, 4.69) is 11.5 Å². The largest absolute Gasteiger partial charge is 0.295 e. The van der Waals surface area contributed by atoms with Gasteiger partial charge in [-0.25, -0.2) is 8.42 Å². The molecule has 0 amide bonds. The fraction of sp³-hybridized carbons (Fsp3) is 0.538. The Morgan fingerprint density at radius 1 is 1.37 bits per heavy atom. The molecule has 0 aromatic carbocycles. The molecule has 2 aliphatic rings. The van der Waals surface area contributed by atoms with E-state index in [0.29, 0.717) is 16.8 Å². The van der Waals surface area contributed by atoms with E-state index in [-0.39, 0.29) is 6.04 Å². The molecule has 104 valence electrons. The van der Waals surface area contributed by atoms with Crippen LogP contribution >= 0.6 is 11.3 Å². The van der Waals surface area contributed by atoms with Crippen LogP contribution in [0.4, 0.5) is 0 Å². The van der Waals surface area contributed by atoms with Gasteiger partial charge in [0.25, 0.3) is 10.0 Å². The monoisotopic (exact) mass is 298 g/mol. The Balaban J connectivity index is 1.84. The van der Waals surface area contributed by atoms with Gasteiger partial charge in [0.2, 0.25) is 0 Å². The standard InChI is InChI=1S/C13H18N2O2S2/c1-2-7-14-8-5-12-11(14)6-9-15(12)19(16,17)13-4-3-10-18-13/h2-4,10-12H,1,5-9H2/t11-,12+/m0/s1. The lowest BCUT2D eigenvalue weighted by Crippen LogP contribution is -2.39. The van der Waals surface area contributed by atoms with Crippen LogP contribution < -0.4 is 0 Å². The highest BCUT2D eigenvalue weighted by Gasteiger charge is 2.47. The molecule has 4 nitrogen and oxygen atoms in total. The van der Waals surface area contributed by atoms with Crippen molar-refractivity contribution >= 4 is 21.4 Å². The van der Waals surface area contributed by atoms with Crippen molar-refractivity contribution in [2.75, 3.05) is 19.6 Å². The van der Waals surface area contributed by atoms with Gasteiger partial charge >= 0.3 is 0 Å². The molecule has 3 heterocycles. The minimum Gasteiger partial charge on any atom is -0.295 e. The number of sulfonamides is 1. The van der Waals surface area contributed by atoms with Gasteiger partial charge in [-0.15, -0.1) is 17.9 Å². The van der Waals surface area contributed by atoms with Gasteiger partial charge in [-0.3, -0.25) is 4.90 Å². The zero-order chi connectivity index (χ0) is 13.5. The quantitative estimate of drug-likeness (QED) is 0.796. The summed E-state index contributed by atoms with van der Waals surface area (Å²) in [5.41, 5.74) is 0. The molecular formula is C13H18N2O2S2. The Kier molecular flexibility index (Phi) is 3.51. The minimum absolute atomic E-state index is 0.145. The maximum atomic E-state index is 12.6. The molecule has 1 aromatic heterocycles. The van der Waals surface area contributed by atoms with E-state index >= 15 is 0 Å². The van der Waals surface area contributed by atoms with Crippen molar-refractivity contribution < 1.29 is 8.42 Å². The zero-order valence-corrected chi connectivity index (χ0v) is 12.4. The Bertz CT molecular complexity index is 553. The molecule has 0 spiro atoms. The van der Waals surface area contributed by atoms with Crippen LogP contribution in [-0.4, -0.2) is 49.3 Å². The molecule has 2 saturated heterocycles. The summed E-state index contributed by atoms with van der Waals surface area (Å²) in [6, 6.07) is 4.01. The molecule has 2 atom stereocenters. The average molecular weight is 298 g/mol. The lowest BCUT2D eigenvalue weighted by molar-refractivity contribution is 0.273. The highest BCUT2D eigenvalue weighted by molar-refractivity contribution is 7.91. The first-order valence-corrected chi connectivity index (χ1v) is 8.87. The third-order valence-electron chi connectivity index (χ3n) is 4.06. The predicted molar refractivity (Wildman–Crippen MR) is 76.8 cm³/mol. The second kappa shape index (κ2) is 5.01. The Hall–Kier alpha value is -0.690. The van der Waals surface area contributed by atoms with Crippen LogP contribution in [0.3, 0.4) is 0 Å². The van der Waals surface area contributed by atoms with E-state index in [1.807, 2.05) is 11.5 Å². The van der Waals surface area contributed by atoms with Crippen molar-refractivity contribution in [3.8, 4) is 0 Å². The average Bonchev–Trinajstić information content (AvgIpc) is 3.06. The maximum absolute atomic E-state index is 12.6. The van der Waals surface area contributed by atoms with Crippen LogP contribution in [0.25, 0.3) is 0 Å². The van der Waals surface area contributed by atoms with Gasteiger partial charge in [0.05, 0.1) is 0 Å². The SMILES string of the molecule is C=CCN1CC[C@@H]2[C@@H]1CCN2S(=O)(=O)c1cccs1. The third kappa shape index (κ3) is 2.16. The topological polar surface area (TPSA) is 40.6 Å². The van der Waals surface area contributed by atoms with Crippen LogP contribution in [0.15, 0.2) is 34.4 Å². The van der Waals surface area contributed by atoms with Gasteiger partial charge in [0.15, 0.2) is 0 Å². The summed E-state index contributed by atoms with van der Waals surface area (Å²) in [6.07, 6.45) is 3.77. The molecule has 0 unspecified atom stereocenters. The third-order valence-corrected chi connectivity index (χ3v) is 7.36. The van der Waals surface area contributed by atoms with Crippen molar-refractivity contribution in [1.29, 1.82) is 0 Å². The van der Waals surface area contributed by atoms with E-state index in [1.54, 1.807) is 16.4 Å². The second-order valence-corrected chi connectivity index (χ2v) is 8.11. The first kappa shape index (κ1) is 13.3. The lowest BCUT2D eigenvalue weighted by atomic mass is 10.1. The zero-order valence-electron chi connectivity index (χ0n) is 10.7. The number of likely N-dealkylation sites (tertiary alicyclic amines) is 1. The number of hydrogen-bond donors (Lipinski definition) is 0. The summed E-state index contributed by atoms with van der Waals surface area (Å²) in [6.45, 7) is 6.24. The summed E-state index contributed by atoms with van der Waals surface area (Å²) in [4.78, 5) is 2.35. The van der Waals surface area contributed by atoms with E-state index in [9.17, 15) is 8.42 Å². The first-order chi connectivity index (χ1) is 9.14. The summed E-state index contributed by atoms with van der Waals surface area (Å²) in [5, 5.41) is 1.82. The van der Waals surface area contributed by atoms with Crippen LogP contribution in [-0.2, 0) is 10.0 Å². The van der Waals surface area contributed by atoms with Crippen molar-refractivity contribution in [1.82, 2.24) is 9.21 Å². The maximum Gasteiger partial charge on any atom is 0.252 e. The summed E-state index contributed by atoms with van der Waals surface area (Å²) in [5.74, 6) is 0. The van der Waals surface area contributed by atoms with Gasteiger partial charge in [-0.1, -0.05) is 12.1 Å². The van der Waals surface area contributed by atoms with Gasteiger partial charge in [-0.2, -0.15) is 4.31 Å². The summed E-state index contributed by atoms with van der Waals surface area (Å²) < 4.78 is 27.4. The van der Waals surface area contributed by atoms with E-state index in [0.717, 1.165) is 25.9 Å². The Morgan fingerprint density at radius 2 is 2.16 bits per heavy atom. The number of fused-ring (bicyclic) bond motifs is 1. The molecule has 2 aliphatic heterocycles. The second-order valence-electron chi connectivity index (χ2n) is 5.04. The van der Waals surface area contributed by atoms with E-state index in [4.69, 9.17) is 0 Å². The Morgan fingerprint density at radius 3 is 2.84 bits per heavy atom. The van der Waals surface area contributed by atoms with E-state index in [1.165, 1.54) is 11.3 Å². The summed E-state index contributed by atoms with van der Waals surface area (Å²) in [7, 11) is -3.29. The number of rotatable bonds is 4. The van der Waals surface area contributed by atoms with Crippen LogP contribution in [0.1, 0.15) is 12.8 Å². The highest BCUT2D eigenvalue weighted by Crippen LogP contribution is 2.36. The minimum atomic E-state index is -3.29. The van der Waals surface area contributed by atoms with Gasteiger partial charge < -0.3 is 0 Å². The van der Waals surface area contributed by atoms with Crippen LogP contribution in [0.5, 0.6) is 0 Å². The van der Waals surface area contributed by atoms with Gasteiger partial charge in [0.1, 0.15) is 4.21 Å². The number of nitrogens with zero attached hydrogens (tertiary/aromatic N) is 2. The number of thiophene rings is 1. The summed E-state index contributed by atoms with van der Waals surface area (Å²) >= 11 is 1.30. The lowest BCUT2D eigenvalue weighted by Gasteiger charge is -2.24. The van der Waals surface area contributed by atoms with Gasteiger partial charge in [0, 0.05) is 31.7 Å². The molecule has 0 aliphatic carbocycles. The fourth-order valence-electron chi connectivity index (χ4n) is 3.25. The van der Waals surface area contributed by atoms with Crippen molar-refractivity contribution in [3.05, 3.63) is 30.2 Å². The molecule has 0 radical (unpaired) electrons. The molecule has 3 rings (SSSR count). The Labute approximate surface area is 118 Å². The molecule has 2 fully saturated rings. The van der Waals surface area contributed by atoms with E-state index < -0.39 is 10.0 Å². The molecule has 19 heavy (non-hydrogen) atoms. The first-order valence-electron chi connectivity index (χ1n) is 6.55.